The number of hydrogen-bond acceptors (Lipinski definition) is 3. The number of hydrogen-bond donors (Lipinski definition) is 2. The summed E-state index contributed by atoms with van der Waals surface area (Å²) in [6, 6.07) is 7.71. The summed E-state index contributed by atoms with van der Waals surface area (Å²) in [5.41, 5.74) is 1.29. The Morgan fingerprint density at radius 2 is 1.91 bits per heavy atom. The van der Waals surface area contributed by atoms with Crippen molar-refractivity contribution in [1.29, 1.82) is 0 Å². The molecule has 2 aromatic rings. The Bertz CT molecular complexity index is 698. The van der Waals surface area contributed by atoms with Crippen LogP contribution in [0, 0.1) is 5.41 Å². The van der Waals surface area contributed by atoms with Gasteiger partial charge in [0, 0.05) is 12.0 Å². The molecule has 0 bridgehead atoms. The van der Waals surface area contributed by atoms with Crippen LogP contribution in [0.5, 0.6) is 0 Å². The average Bonchev–Trinajstić information content (AvgIpc) is 2.80. The smallest absolute Gasteiger partial charge is 0.246 e. The number of aromatic nitrogens is 2. The SMILES string of the molecule is CCn1c(NC(=O)CNC(=O)C(C)(C)C)nc2ccccc21. The molecule has 118 valence electrons. The largest absolute Gasteiger partial charge is 0.347 e. The maximum atomic E-state index is 12.0. The molecule has 6 nitrogen and oxygen atoms in total. The molecule has 1 aromatic heterocycles. The molecule has 2 N–H and O–H groups in total. The molecule has 0 spiro atoms. The standard InChI is InChI=1S/C16H22N4O2/c1-5-20-12-9-7-6-8-11(12)18-15(20)19-13(21)10-17-14(22)16(2,3)4/h6-9H,5,10H2,1-4H3,(H,17,22)(H,18,19,21). The van der Waals surface area contributed by atoms with Gasteiger partial charge in [-0.1, -0.05) is 32.9 Å². The van der Waals surface area contributed by atoms with Crippen molar-refractivity contribution in [3.63, 3.8) is 0 Å². The van der Waals surface area contributed by atoms with E-state index in [-0.39, 0.29) is 18.4 Å². The summed E-state index contributed by atoms with van der Waals surface area (Å²) < 4.78 is 1.93. The number of amides is 2. The molecule has 0 saturated heterocycles. The van der Waals surface area contributed by atoms with Crippen molar-refractivity contribution >= 4 is 28.8 Å². The third kappa shape index (κ3) is 3.44. The number of rotatable bonds is 4. The molecule has 0 fully saturated rings. The van der Waals surface area contributed by atoms with Gasteiger partial charge in [-0.2, -0.15) is 0 Å². The fourth-order valence-electron chi connectivity index (χ4n) is 2.09. The third-order valence-corrected chi connectivity index (χ3v) is 3.31. The fraction of sp³-hybridized carbons (Fsp3) is 0.438. The van der Waals surface area contributed by atoms with Crippen LogP contribution >= 0.6 is 0 Å². The van der Waals surface area contributed by atoms with E-state index in [0.717, 1.165) is 11.0 Å². The van der Waals surface area contributed by atoms with E-state index < -0.39 is 5.41 Å². The Hall–Kier alpha value is -2.37. The third-order valence-electron chi connectivity index (χ3n) is 3.31. The lowest BCUT2D eigenvalue weighted by atomic mass is 9.96. The summed E-state index contributed by atoms with van der Waals surface area (Å²) in [5.74, 6) is 0.0490. The fourth-order valence-corrected chi connectivity index (χ4v) is 2.09. The van der Waals surface area contributed by atoms with Gasteiger partial charge in [0.1, 0.15) is 0 Å². The van der Waals surface area contributed by atoms with Gasteiger partial charge in [0.15, 0.2) is 0 Å². The summed E-state index contributed by atoms with van der Waals surface area (Å²) in [5, 5.41) is 5.38. The lowest BCUT2D eigenvalue weighted by molar-refractivity contribution is -0.130. The Balaban J connectivity index is 2.07. The van der Waals surface area contributed by atoms with Crippen LogP contribution in [-0.4, -0.2) is 27.9 Å². The summed E-state index contributed by atoms with van der Waals surface area (Å²) in [6.45, 7) is 8.03. The van der Waals surface area contributed by atoms with Gasteiger partial charge in [0.25, 0.3) is 0 Å². The molecule has 0 unspecified atom stereocenters. The number of benzene rings is 1. The molecule has 0 saturated carbocycles. The molecular formula is C16H22N4O2. The minimum Gasteiger partial charge on any atom is -0.347 e. The van der Waals surface area contributed by atoms with E-state index in [1.54, 1.807) is 20.8 Å². The van der Waals surface area contributed by atoms with E-state index in [0.29, 0.717) is 12.5 Å². The van der Waals surface area contributed by atoms with Crippen molar-refractivity contribution in [2.45, 2.75) is 34.2 Å². The Kier molecular flexibility index (Phi) is 4.49. The molecule has 0 aliphatic heterocycles. The molecule has 2 amide bonds. The van der Waals surface area contributed by atoms with Crippen LogP contribution in [0.4, 0.5) is 5.95 Å². The zero-order valence-corrected chi connectivity index (χ0v) is 13.4. The highest BCUT2D eigenvalue weighted by atomic mass is 16.2. The van der Waals surface area contributed by atoms with Crippen LogP contribution in [0.15, 0.2) is 24.3 Å². The first kappa shape index (κ1) is 16.0. The minimum atomic E-state index is -0.517. The van der Waals surface area contributed by atoms with Gasteiger partial charge in [-0.05, 0) is 19.1 Å². The predicted molar refractivity (Wildman–Crippen MR) is 86.5 cm³/mol. The summed E-state index contributed by atoms with van der Waals surface area (Å²) in [4.78, 5) is 28.2. The van der Waals surface area contributed by atoms with Crippen LogP contribution in [0.1, 0.15) is 27.7 Å². The highest BCUT2D eigenvalue weighted by Crippen LogP contribution is 2.19. The van der Waals surface area contributed by atoms with Crippen LogP contribution in [-0.2, 0) is 16.1 Å². The van der Waals surface area contributed by atoms with Crippen molar-refractivity contribution in [2.24, 2.45) is 5.41 Å². The maximum Gasteiger partial charge on any atom is 0.246 e. The van der Waals surface area contributed by atoms with Gasteiger partial charge in [0.05, 0.1) is 17.6 Å². The van der Waals surface area contributed by atoms with Crippen molar-refractivity contribution < 1.29 is 9.59 Å². The zero-order valence-electron chi connectivity index (χ0n) is 13.4. The van der Waals surface area contributed by atoms with Crippen LogP contribution in [0.2, 0.25) is 0 Å². The van der Waals surface area contributed by atoms with Crippen molar-refractivity contribution in [3.05, 3.63) is 24.3 Å². The minimum absolute atomic E-state index is 0.0664. The summed E-state index contributed by atoms with van der Waals surface area (Å²) in [7, 11) is 0. The Morgan fingerprint density at radius 3 is 2.55 bits per heavy atom. The number of imidazole rings is 1. The quantitative estimate of drug-likeness (QED) is 0.908. The highest BCUT2D eigenvalue weighted by Gasteiger charge is 2.21. The topological polar surface area (TPSA) is 76.0 Å². The van der Waals surface area contributed by atoms with Crippen LogP contribution in [0.25, 0.3) is 11.0 Å². The van der Waals surface area contributed by atoms with Gasteiger partial charge in [0.2, 0.25) is 17.8 Å². The van der Waals surface area contributed by atoms with Gasteiger partial charge in [-0.15, -0.1) is 0 Å². The molecule has 0 aliphatic rings. The van der Waals surface area contributed by atoms with E-state index in [1.807, 2.05) is 35.8 Å². The number of carbonyl (C=O) groups excluding carboxylic acids is 2. The summed E-state index contributed by atoms with van der Waals surface area (Å²) in [6.07, 6.45) is 0. The molecule has 0 atom stereocenters. The molecular weight excluding hydrogens is 280 g/mol. The predicted octanol–water partition coefficient (Wildman–Crippen LogP) is 2.16. The average molecular weight is 302 g/mol. The lowest BCUT2D eigenvalue weighted by Crippen LogP contribution is -2.39. The van der Waals surface area contributed by atoms with Crippen molar-refractivity contribution in [2.75, 3.05) is 11.9 Å². The van der Waals surface area contributed by atoms with E-state index in [2.05, 4.69) is 15.6 Å². The summed E-state index contributed by atoms with van der Waals surface area (Å²) >= 11 is 0. The van der Waals surface area contributed by atoms with Gasteiger partial charge in [-0.3, -0.25) is 14.9 Å². The zero-order chi connectivity index (χ0) is 16.3. The van der Waals surface area contributed by atoms with Gasteiger partial charge < -0.3 is 9.88 Å². The second kappa shape index (κ2) is 6.17. The van der Waals surface area contributed by atoms with Crippen LogP contribution in [0.3, 0.4) is 0 Å². The number of aryl methyl sites for hydroxylation is 1. The Labute approximate surface area is 129 Å². The number of fused-ring (bicyclic) bond motifs is 1. The van der Waals surface area contributed by atoms with E-state index >= 15 is 0 Å². The lowest BCUT2D eigenvalue weighted by Gasteiger charge is -2.17. The van der Waals surface area contributed by atoms with E-state index in [4.69, 9.17) is 0 Å². The molecule has 0 aliphatic carbocycles. The number of carbonyl (C=O) groups is 2. The van der Waals surface area contributed by atoms with Gasteiger partial charge in [-0.25, -0.2) is 4.98 Å². The Morgan fingerprint density at radius 1 is 1.23 bits per heavy atom. The number of nitrogens with zero attached hydrogens (tertiary/aromatic N) is 2. The first-order valence-corrected chi connectivity index (χ1v) is 7.36. The number of para-hydroxylation sites is 2. The first-order chi connectivity index (χ1) is 10.3. The second-order valence-corrected chi connectivity index (χ2v) is 6.15. The van der Waals surface area contributed by atoms with Crippen molar-refractivity contribution in [3.8, 4) is 0 Å². The molecule has 1 heterocycles. The second-order valence-electron chi connectivity index (χ2n) is 6.15. The highest BCUT2D eigenvalue weighted by molar-refractivity contribution is 5.95. The molecule has 2 rings (SSSR count). The van der Waals surface area contributed by atoms with Crippen molar-refractivity contribution in [1.82, 2.24) is 14.9 Å². The van der Waals surface area contributed by atoms with E-state index in [9.17, 15) is 9.59 Å². The molecule has 1 aromatic carbocycles. The van der Waals surface area contributed by atoms with E-state index in [1.165, 1.54) is 0 Å². The first-order valence-electron chi connectivity index (χ1n) is 7.36. The number of anilines is 1. The normalized spacial score (nSPS) is 11.5. The monoisotopic (exact) mass is 302 g/mol. The number of nitrogens with one attached hydrogen (secondary N) is 2. The molecule has 6 heteroatoms. The van der Waals surface area contributed by atoms with Crippen LogP contribution < -0.4 is 10.6 Å². The maximum absolute atomic E-state index is 12.0. The molecule has 0 radical (unpaired) electrons. The van der Waals surface area contributed by atoms with Gasteiger partial charge >= 0.3 is 0 Å². The molecule has 22 heavy (non-hydrogen) atoms.